The average molecular weight is 373 g/mol. The fourth-order valence-corrected chi connectivity index (χ4v) is 3.39. The van der Waals surface area contributed by atoms with Gasteiger partial charge in [0, 0.05) is 34.9 Å². The van der Waals surface area contributed by atoms with Crippen molar-refractivity contribution in [2.75, 3.05) is 18.9 Å². The lowest BCUT2D eigenvalue weighted by Gasteiger charge is -2.16. The summed E-state index contributed by atoms with van der Waals surface area (Å²) in [6.45, 7) is 0.680. The van der Waals surface area contributed by atoms with Crippen LogP contribution in [0.5, 0.6) is 5.75 Å². The monoisotopic (exact) mass is 373 g/mol. The summed E-state index contributed by atoms with van der Waals surface area (Å²) in [6.07, 6.45) is 5.10. The molecule has 0 radical (unpaired) electrons. The van der Waals surface area contributed by atoms with Crippen LogP contribution in [0, 0.1) is 0 Å². The predicted octanol–water partition coefficient (Wildman–Crippen LogP) is 1.16. The molecule has 4 aromatic rings. The highest BCUT2D eigenvalue weighted by Gasteiger charge is 2.27. The van der Waals surface area contributed by atoms with Crippen LogP contribution in [0.4, 0.5) is 5.69 Å². The molecular formula is C19H16BN5O3. The van der Waals surface area contributed by atoms with Crippen molar-refractivity contribution < 1.29 is 14.4 Å². The van der Waals surface area contributed by atoms with E-state index >= 15 is 0 Å². The Balaban J connectivity index is 1.76. The molecule has 3 heterocycles. The molecular weight excluding hydrogens is 357 g/mol. The van der Waals surface area contributed by atoms with Crippen LogP contribution in [-0.2, 0) is 4.65 Å². The zero-order valence-electron chi connectivity index (χ0n) is 14.8. The Bertz CT molecular complexity index is 1170. The van der Waals surface area contributed by atoms with E-state index < -0.39 is 7.12 Å². The fraction of sp³-hybridized carbons (Fsp3) is 0.105. The lowest BCUT2D eigenvalue weighted by molar-refractivity contribution is 0.210. The normalized spacial score (nSPS) is 13.8. The molecule has 1 aliphatic heterocycles. The number of aromatic nitrogens is 4. The van der Waals surface area contributed by atoms with Gasteiger partial charge >= 0.3 is 7.12 Å². The lowest BCUT2D eigenvalue weighted by Crippen LogP contribution is -2.33. The molecule has 8 nitrogen and oxygen atoms in total. The number of rotatable bonds is 2. The Hall–Kier alpha value is -3.43. The molecule has 5 rings (SSSR count). The molecule has 1 aliphatic rings. The topological polar surface area (TPSA) is 108 Å². The molecule has 0 fully saturated rings. The van der Waals surface area contributed by atoms with Crippen LogP contribution in [0.25, 0.3) is 27.7 Å². The number of nitrogens with two attached hydrogens (primary N) is 1. The zero-order valence-corrected chi connectivity index (χ0v) is 14.8. The third-order valence-electron chi connectivity index (χ3n) is 4.74. The summed E-state index contributed by atoms with van der Waals surface area (Å²) in [5.74, 6) is 0.573. The van der Waals surface area contributed by atoms with Crippen LogP contribution in [0.3, 0.4) is 0 Å². The molecule has 9 heteroatoms. The Morgan fingerprint density at radius 3 is 2.96 bits per heavy atom. The minimum absolute atomic E-state index is 0.313. The lowest BCUT2D eigenvalue weighted by atomic mass is 9.77. The SMILES string of the molecule is Nc1cnnc2cc(-c3cc4c(cc3-n3cccn3)OCCOB4O)ccc12. The van der Waals surface area contributed by atoms with Crippen molar-refractivity contribution in [2.24, 2.45) is 0 Å². The van der Waals surface area contributed by atoms with Gasteiger partial charge in [0.05, 0.1) is 29.7 Å². The van der Waals surface area contributed by atoms with E-state index in [0.717, 1.165) is 22.2 Å². The van der Waals surface area contributed by atoms with Crippen LogP contribution < -0.4 is 15.9 Å². The number of benzene rings is 2. The molecule has 2 aromatic carbocycles. The van der Waals surface area contributed by atoms with Gasteiger partial charge in [0.25, 0.3) is 0 Å². The minimum Gasteiger partial charge on any atom is -0.492 e. The predicted molar refractivity (Wildman–Crippen MR) is 106 cm³/mol. The van der Waals surface area contributed by atoms with Crippen LogP contribution in [0.1, 0.15) is 0 Å². The molecule has 138 valence electrons. The summed E-state index contributed by atoms with van der Waals surface area (Å²) in [7, 11) is -1.06. The highest BCUT2D eigenvalue weighted by molar-refractivity contribution is 6.61. The van der Waals surface area contributed by atoms with Crippen LogP contribution in [-0.4, -0.2) is 45.3 Å². The Kier molecular flexibility index (Phi) is 3.96. The summed E-state index contributed by atoms with van der Waals surface area (Å²) in [5, 5.41) is 23.7. The van der Waals surface area contributed by atoms with Gasteiger partial charge in [-0.3, -0.25) is 0 Å². The van der Waals surface area contributed by atoms with Crippen LogP contribution in [0.2, 0.25) is 0 Å². The summed E-state index contributed by atoms with van der Waals surface area (Å²) in [6, 6.07) is 11.4. The number of anilines is 1. The number of nitrogens with zero attached hydrogens (tertiary/aromatic N) is 4. The van der Waals surface area contributed by atoms with Gasteiger partial charge in [0.15, 0.2) is 0 Å². The van der Waals surface area contributed by atoms with E-state index in [1.54, 1.807) is 10.9 Å². The average Bonchev–Trinajstić information content (AvgIpc) is 3.19. The minimum atomic E-state index is -1.06. The van der Waals surface area contributed by atoms with Crippen molar-refractivity contribution in [3.8, 4) is 22.6 Å². The van der Waals surface area contributed by atoms with Gasteiger partial charge in [-0.2, -0.15) is 15.3 Å². The molecule has 2 aromatic heterocycles. The van der Waals surface area contributed by atoms with Crippen molar-refractivity contribution >= 4 is 29.2 Å². The first-order valence-corrected chi connectivity index (χ1v) is 8.82. The van der Waals surface area contributed by atoms with Crippen molar-refractivity contribution in [2.45, 2.75) is 0 Å². The molecule has 0 unspecified atom stereocenters. The van der Waals surface area contributed by atoms with E-state index in [9.17, 15) is 5.02 Å². The van der Waals surface area contributed by atoms with E-state index in [1.165, 1.54) is 6.20 Å². The van der Waals surface area contributed by atoms with Gasteiger partial charge in [-0.05, 0) is 29.8 Å². The van der Waals surface area contributed by atoms with Crippen molar-refractivity contribution in [1.29, 1.82) is 0 Å². The van der Waals surface area contributed by atoms with E-state index in [-0.39, 0.29) is 0 Å². The first-order valence-electron chi connectivity index (χ1n) is 8.82. The second kappa shape index (κ2) is 6.63. The standard InChI is InChI=1S/C19H16BN5O3/c21-16-11-22-24-17-8-12(2-3-13(16)17)14-9-15-19(27-6-7-28-20(15)26)10-18(14)25-5-1-4-23-25/h1-5,8-11,26H,6-7H2,(H2,21,24). The highest BCUT2D eigenvalue weighted by Crippen LogP contribution is 2.32. The van der Waals surface area contributed by atoms with Crippen LogP contribution in [0.15, 0.2) is 55.0 Å². The third kappa shape index (κ3) is 2.77. The van der Waals surface area contributed by atoms with Crippen molar-refractivity contribution in [3.05, 3.63) is 55.0 Å². The quantitative estimate of drug-likeness (QED) is 0.508. The molecule has 0 aliphatic carbocycles. The zero-order chi connectivity index (χ0) is 19.1. The first kappa shape index (κ1) is 16.7. The van der Waals surface area contributed by atoms with E-state index in [1.807, 2.05) is 42.6 Å². The summed E-state index contributed by atoms with van der Waals surface area (Å²) >= 11 is 0. The van der Waals surface area contributed by atoms with E-state index in [2.05, 4.69) is 15.3 Å². The molecule has 28 heavy (non-hydrogen) atoms. The van der Waals surface area contributed by atoms with Gasteiger partial charge in [-0.25, -0.2) is 4.68 Å². The Morgan fingerprint density at radius 2 is 2.11 bits per heavy atom. The molecule has 3 N–H and O–H groups in total. The van der Waals surface area contributed by atoms with Gasteiger partial charge in [-0.15, -0.1) is 0 Å². The molecule has 0 atom stereocenters. The van der Waals surface area contributed by atoms with Gasteiger partial charge in [0.2, 0.25) is 0 Å². The molecule has 0 bridgehead atoms. The maximum Gasteiger partial charge on any atom is 0.495 e. The van der Waals surface area contributed by atoms with Crippen molar-refractivity contribution in [3.63, 3.8) is 0 Å². The molecule has 0 amide bonds. The number of fused-ring (bicyclic) bond motifs is 2. The Morgan fingerprint density at radius 1 is 1.18 bits per heavy atom. The highest BCUT2D eigenvalue weighted by atomic mass is 16.6. The fourth-order valence-electron chi connectivity index (χ4n) is 3.39. The van der Waals surface area contributed by atoms with E-state index in [0.29, 0.717) is 35.6 Å². The number of ether oxygens (including phenoxy) is 1. The summed E-state index contributed by atoms with van der Waals surface area (Å²) < 4.78 is 12.9. The van der Waals surface area contributed by atoms with Gasteiger partial charge in [0.1, 0.15) is 12.4 Å². The smallest absolute Gasteiger partial charge is 0.492 e. The maximum atomic E-state index is 10.4. The Labute approximate surface area is 160 Å². The number of nitrogen functional groups attached to an aromatic ring is 1. The first-order chi connectivity index (χ1) is 13.7. The number of hydrogen-bond donors (Lipinski definition) is 2. The second-order valence-electron chi connectivity index (χ2n) is 6.46. The number of hydrogen-bond acceptors (Lipinski definition) is 7. The molecule has 0 saturated heterocycles. The largest absolute Gasteiger partial charge is 0.495 e. The van der Waals surface area contributed by atoms with Gasteiger partial charge in [-0.1, -0.05) is 6.07 Å². The molecule has 0 spiro atoms. The maximum absolute atomic E-state index is 10.4. The van der Waals surface area contributed by atoms with Crippen molar-refractivity contribution in [1.82, 2.24) is 20.0 Å². The molecule has 0 saturated carbocycles. The third-order valence-corrected chi connectivity index (χ3v) is 4.74. The second-order valence-corrected chi connectivity index (χ2v) is 6.46. The van der Waals surface area contributed by atoms with E-state index in [4.69, 9.17) is 15.1 Å². The summed E-state index contributed by atoms with van der Waals surface area (Å²) in [5.41, 5.74) is 10.4. The van der Waals surface area contributed by atoms with Gasteiger partial charge < -0.3 is 20.1 Å². The van der Waals surface area contributed by atoms with Crippen LogP contribution >= 0.6 is 0 Å². The summed E-state index contributed by atoms with van der Waals surface area (Å²) in [4.78, 5) is 0.